The molecule has 0 aliphatic carbocycles. The molecule has 2 N–H and O–H groups in total. The zero-order chi connectivity index (χ0) is 11.2. The Morgan fingerprint density at radius 1 is 1.29 bits per heavy atom. The van der Waals surface area contributed by atoms with Crippen molar-refractivity contribution < 1.29 is 0 Å². The number of hydrogen-bond donors (Lipinski definition) is 1. The van der Waals surface area contributed by atoms with Gasteiger partial charge in [-0.25, -0.2) is 0 Å². The van der Waals surface area contributed by atoms with E-state index in [1.165, 1.54) is 17.6 Å². The Kier molecular flexibility index (Phi) is 5.78. The van der Waals surface area contributed by atoms with Crippen LogP contribution in [-0.4, -0.2) is 6.54 Å². The van der Waals surface area contributed by atoms with Gasteiger partial charge in [-0.3, -0.25) is 0 Å². The largest absolute Gasteiger partial charge is 0.327 e. The van der Waals surface area contributed by atoms with Crippen molar-refractivity contribution >= 4 is 0 Å². The summed E-state index contributed by atoms with van der Waals surface area (Å²) < 4.78 is 0. The first-order valence-corrected chi connectivity index (χ1v) is 5.49. The minimum Gasteiger partial charge on any atom is -0.327 e. The second-order valence-corrected chi connectivity index (χ2v) is 4.89. The molecule has 0 unspecified atom stereocenters. The fourth-order valence-corrected chi connectivity index (χ4v) is 1.21. The van der Waals surface area contributed by atoms with Crippen molar-refractivity contribution in [3.63, 3.8) is 0 Å². The highest BCUT2D eigenvalue weighted by Gasteiger charge is 2.14. The van der Waals surface area contributed by atoms with Crippen LogP contribution in [0.2, 0.25) is 0 Å². The number of allylic oxidation sites excluding steroid dienone is 3. The lowest BCUT2D eigenvalue weighted by atomic mass is 9.84. The SMILES string of the molecule is CCC/C=C(\C=C(/C)CN)C(C)(C)C. The Morgan fingerprint density at radius 2 is 1.86 bits per heavy atom. The number of nitrogens with two attached hydrogens (primary N) is 1. The third kappa shape index (κ3) is 5.23. The van der Waals surface area contributed by atoms with Crippen LogP contribution in [0.3, 0.4) is 0 Å². The first kappa shape index (κ1) is 13.4. The summed E-state index contributed by atoms with van der Waals surface area (Å²) in [5, 5.41) is 0. The summed E-state index contributed by atoms with van der Waals surface area (Å²) in [7, 11) is 0. The van der Waals surface area contributed by atoms with Gasteiger partial charge in [-0.2, -0.15) is 0 Å². The van der Waals surface area contributed by atoms with E-state index in [-0.39, 0.29) is 5.41 Å². The summed E-state index contributed by atoms with van der Waals surface area (Å²) in [5.41, 5.74) is 8.48. The van der Waals surface area contributed by atoms with E-state index in [9.17, 15) is 0 Å². The molecule has 14 heavy (non-hydrogen) atoms. The summed E-state index contributed by atoms with van der Waals surface area (Å²) >= 11 is 0. The number of unbranched alkanes of at least 4 members (excludes halogenated alkanes) is 1. The average Bonchev–Trinajstić information content (AvgIpc) is 2.09. The molecule has 0 aliphatic rings. The number of hydrogen-bond acceptors (Lipinski definition) is 1. The molecule has 0 rings (SSSR count). The van der Waals surface area contributed by atoms with Crippen LogP contribution in [0.15, 0.2) is 23.3 Å². The van der Waals surface area contributed by atoms with Crippen LogP contribution in [0.5, 0.6) is 0 Å². The van der Waals surface area contributed by atoms with Crippen LogP contribution < -0.4 is 5.73 Å². The average molecular weight is 195 g/mol. The Labute approximate surface area is 89.1 Å². The molecule has 0 heterocycles. The maximum Gasteiger partial charge on any atom is 0.0137 e. The van der Waals surface area contributed by atoms with Gasteiger partial charge < -0.3 is 5.73 Å². The zero-order valence-corrected chi connectivity index (χ0v) is 10.4. The summed E-state index contributed by atoms with van der Waals surface area (Å²) in [4.78, 5) is 0. The van der Waals surface area contributed by atoms with E-state index in [2.05, 4.69) is 46.8 Å². The van der Waals surface area contributed by atoms with E-state index in [0.717, 1.165) is 6.42 Å². The summed E-state index contributed by atoms with van der Waals surface area (Å²) in [6.07, 6.45) is 6.92. The third-order valence-electron chi connectivity index (χ3n) is 2.24. The number of rotatable bonds is 4. The van der Waals surface area contributed by atoms with E-state index in [4.69, 9.17) is 5.73 Å². The van der Waals surface area contributed by atoms with Gasteiger partial charge in [-0.1, -0.05) is 51.8 Å². The van der Waals surface area contributed by atoms with E-state index in [0.29, 0.717) is 6.54 Å². The smallest absolute Gasteiger partial charge is 0.0137 e. The second kappa shape index (κ2) is 6.02. The first-order chi connectivity index (χ1) is 6.41. The third-order valence-corrected chi connectivity index (χ3v) is 2.24. The minimum absolute atomic E-state index is 0.228. The van der Waals surface area contributed by atoms with E-state index in [1.54, 1.807) is 0 Å². The van der Waals surface area contributed by atoms with Crippen molar-refractivity contribution in [1.29, 1.82) is 0 Å². The van der Waals surface area contributed by atoms with Gasteiger partial charge in [0.25, 0.3) is 0 Å². The molecule has 0 aromatic heterocycles. The van der Waals surface area contributed by atoms with Crippen LogP contribution in [-0.2, 0) is 0 Å². The highest BCUT2D eigenvalue weighted by atomic mass is 14.5. The fraction of sp³-hybridized carbons (Fsp3) is 0.692. The minimum atomic E-state index is 0.228. The molecule has 1 nitrogen and oxygen atoms in total. The molecule has 1 heteroatoms. The molecule has 0 fully saturated rings. The van der Waals surface area contributed by atoms with Gasteiger partial charge >= 0.3 is 0 Å². The van der Waals surface area contributed by atoms with Gasteiger partial charge in [-0.15, -0.1) is 0 Å². The van der Waals surface area contributed by atoms with Crippen LogP contribution in [0, 0.1) is 5.41 Å². The summed E-state index contributed by atoms with van der Waals surface area (Å²) in [6.45, 7) is 11.7. The van der Waals surface area contributed by atoms with Gasteiger partial charge in [0.1, 0.15) is 0 Å². The van der Waals surface area contributed by atoms with E-state index < -0.39 is 0 Å². The van der Waals surface area contributed by atoms with Crippen molar-refractivity contribution in [3.05, 3.63) is 23.3 Å². The van der Waals surface area contributed by atoms with Crippen molar-refractivity contribution in [2.24, 2.45) is 11.1 Å². The summed E-state index contributed by atoms with van der Waals surface area (Å²) in [6, 6.07) is 0. The van der Waals surface area contributed by atoms with Crippen molar-refractivity contribution in [1.82, 2.24) is 0 Å². The lowest BCUT2D eigenvalue weighted by Gasteiger charge is -2.21. The molecule has 0 aliphatic heterocycles. The highest BCUT2D eigenvalue weighted by molar-refractivity contribution is 5.28. The normalized spacial score (nSPS) is 14.7. The maximum absolute atomic E-state index is 5.60. The van der Waals surface area contributed by atoms with Gasteiger partial charge in [0.2, 0.25) is 0 Å². The fourth-order valence-electron chi connectivity index (χ4n) is 1.21. The molecule has 0 aromatic carbocycles. The zero-order valence-electron chi connectivity index (χ0n) is 10.4. The van der Waals surface area contributed by atoms with Gasteiger partial charge in [-0.05, 0) is 24.3 Å². The summed E-state index contributed by atoms with van der Waals surface area (Å²) in [5.74, 6) is 0. The highest BCUT2D eigenvalue weighted by Crippen LogP contribution is 2.27. The lowest BCUT2D eigenvalue weighted by molar-refractivity contribution is 0.513. The van der Waals surface area contributed by atoms with Crippen LogP contribution >= 0.6 is 0 Å². The van der Waals surface area contributed by atoms with Crippen LogP contribution in [0.25, 0.3) is 0 Å². The Hall–Kier alpha value is -0.560. The van der Waals surface area contributed by atoms with Crippen LogP contribution in [0.1, 0.15) is 47.5 Å². The van der Waals surface area contributed by atoms with Gasteiger partial charge in [0, 0.05) is 6.54 Å². The predicted molar refractivity (Wildman–Crippen MR) is 65.3 cm³/mol. The topological polar surface area (TPSA) is 26.0 Å². The standard InChI is InChI=1S/C13H25N/c1-6-7-8-12(13(3,4)5)9-11(2)10-14/h8-9H,6-7,10,14H2,1-5H3/b11-9+,12-8+. The van der Waals surface area contributed by atoms with Crippen molar-refractivity contribution in [2.75, 3.05) is 6.54 Å². The molecule has 82 valence electrons. The predicted octanol–water partition coefficient (Wildman–Crippen LogP) is 3.66. The van der Waals surface area contributed by atoms with Gasteiger partial charge in [0.15, 0.2) is 0 Å². The molecular formula is C13H25N. The molecule has 0 radical (unpaired) electrons. The first-order valence-electron chi connectivity index (χ1n) is 5.49. The Morgan fingerprint density at radius 3 is 2.21 bits per heavy atom. The van der Waals surface area contributed by atoms with Gasteiger partial charge in [0.05, 0.1) is 0 Å². The molecule has 0 amide bonds. The van der Waals surface area contributed by atoms with Crippen molar-refractivity contribution in [3.8, 4) is 0 Å². The maximum atomic E-state index is 5.60. The molecule has 0 spiro atoms. The molecule has 0 saturated carbocycles. The molecule has 0 aromatic rings. The van der Waals surface area contributed by atoms with E-state index >= 15 is 0 Å². The molecule has 0 bridgehead atoms. The monoisotopic (exact) mass is 195 g/mol. The molecule has 0 atom stereocenters. The Balaban J connectivity index is 4.75. The van der Waals surface area contributed by atoms with Crippen molar-refractivity contribution in [2.45, 2.75) is 47.5 Å². The Bertz CT molecular complexity index is 216. The molecular weight excluding hydrogens is 170 g/mol. The van der Waals surface area contributed by atoms with E-state index in [1.807, 2.05) is 0 Å². The lowest BCUT2D eigenvalue weighted by Crippen LogP contribution is -2.09. The quantitative estimate of drug-likeness (QED) is 0.681. The molecule has 0 saturated heterocycles. The van der Waals surface area contributed by atoms with Crippen LogP contribution in [0.4, 0.5) is 0 Å². The second-order valence-electron chi connectivity index (χ2n) is 4.89.